The van der Waals surface area contributed by atoms with Gasteiger partial charge in [0.05, 0.1) is 0 Å². The lowest BCUT2D eigenvalue weighted by atomic mass is 9.85. The Morgan fingerprint density at radius 3 is 1.93 bits per heavy atom. The molecule has 29 heavy (non-hydrogen) atoms. The molecule has 0 bridgehead atoms. The Bertz CT molecular complexity index is 521. The van der Waals surface area contributed by atoms with Gasteiger partial charge in [0.25, 0.3) is 0 Å². The molecule has 0 aromatic carbocycles. The molecule has 0 aromatic heterocycles. The number of aliphatic hydroxyl groups is 2. The summed E-state index contributed by atoms with van der Waals surface area (Å²) >= 11 is 0. The molecule has 3 N–H and O–H groups in total. The predicted molar refractivity (Wildman–Crippen MR) is 114 cm³/mol. The van der Waals surface area contributed by atoms with Crippen LogP contribution in [0, 0.1) is 24.2 Å². The summed E-state index contributed by atoms with van der Waals surface area (Å²) in [5.41, 5.74) is -0.0844. The molecule has 2 atom stereocenters. The first-order valence-electron chi connectivity index (χ1n) is 11.4. The largest absolute Gasteiger partial charge is 0.481 e. The van der Waals surface area contributed by atoms with E-state index in [9.17, 15) is 15.0 Å². The van der Waals surface area contributed by atoms with Crippen LogP contribution in [0.3, 0.4) is 0 Å². The summed E-state index contributed by atoms with van der Waals surface area (Å²) in [6.07, 6.45) is 19.1. The Hall–Kier alpha value is -1.45. The van der Waals surface area contributed by atoms with E-state index in [4.69, 9.17) is 11.5 Å². The summed E-state index contributed by atoms with van der Waals surface area (Å²) in [4.78, 5) is 11.0. The van der Waals surface area contributed by atoms with Crippen LogP contribution in [0.1, 0.15) is 103 Å². The van der Waals surface area contributed by atoms with E-state index in [1.54, 1.807) is 6.92 Å². The van der Waals surface area contributed by atoms with Gasteiger partial charge in [0.1, 0.15) is 0 Å². The molecule has 1 heterocycles. The van der Waals surface area contributed by atoms with Gasteiger partial charge in [0.2, 0.25) is 0 Å². The summed E-state index contributed by atoms with van der Waals surface area (Å²) in [6.45, 7) is 1.71. The van der Waals surface area contributed by atoms with Gasteiger partial charge in [-0.25, -0.2) is 0 Å². The van der Waals surface area contributed by atoms with E-state index in [0.717, 1.165) is 51.4 Å². The molecule has 1 rings (SSSR count). The second kappa shape index (κ2) is 14.5. The third kappa shape index (κ3) is 12.0. The Balaban J connectivity index is 1.95. The molecule has 1 aliphatic rings. The van der Waals surface area contributed by atoms with E-state index < -0.39 is 18.2 Å². The fourth-order valence-electron chi connectivity index (χ4n) is 3.94. The normalized spacial score (nSPS) is 16.5. The number of carboxylic acids is 1. The van der Waals surface area contributed by atoms with E-state index >= 15 is 0 Å². The highest BCUT2D eigenvalue weighted by Gasteiger charge is 2.38. The third-order valence-corrected chi connectivity index (χ3v) is 6.08. The number of terminal acetylenes is 1. The predicted octanol–water partition coefficient (Wildman–Crippen LogP) is 5.28. The smallest absolute Gasteiger partial charge is 0.303 e. The highest BCUT2D eigenvalue weighted by atomic mass is 16.5. The maximum Gasteiger partial charge on any atom is 0.303 e. The quantitative estimate of drug-likeness (QED) is 0.154. The van der Waals surface area contributed by atoms with Gasteiger partial charge in [-0.05, 0) is 38.0 Å². The summed E-state index contributed by atoms with van der Waals surface area (Å²) in [5.74, 6) is 1.22. The molecular weight excluding hydrogens is 368 g/mol. The van der Waals surface area contributed by atoms with E-state index in [2.05, 4.69) is 16.1 Å². The van der Waals surface area contributed by atoms with Crippen LogP contribution in [0.5, 0.6) is 0 Å². The van der Waals surface area contributed by atoms with Crippen molar-refractivity contribution in [3.8, 4) is 12.3 Å². The van der Waals surface area contributed by atoms with Crippen LogP contribution in [0.25, 0.3) is 0 Å². The maximum absolute atomic E-state index is 11.0. The minimum atomic E-state index is -1.44. The highest BCUT2D eigenvalue weighted by Crippen LogP contribution is 2.38. The van der Waals surface area contributed by atoms with Gasteiger partial charge in [0.15, 0.2) is 12.0 Å². The molecule has 0 aromatic rings. The average Bonchev–Trinajstić information content (AvgIpc) is 3.44. The third-order valence-electron chi connectivity index (χ3n) is 6.08. The first-order chi connectivity index (χ1) is 13.9. The van der Waals surface area contributed by atoms with Crippen molar-refractivity contribution in [1.82, 2.24) is 0 Å². The number of carbonyl (C=O) groups is 1. The van der Waals surface area contributed by atoms with Crippen molar-refractivity contribution in [2.24, 2.45) is 22.1 Å². The number of unbranched alkanes of at least 4 members (excludes halogenated alkanes) is 9. The number of hydrogen-bond donors (Lipinski definition) is 3. The van der Waals surface area contributed by atoms with Crippen molar-refractivity contribution in [2.45, 2.75) is 115 Å². The van der Waals surface area contributed by atoms with Crippen molar-refractivity contribution in [3.63, 3.8) is 0 Å². The topological polar surface area (TPSA) is 102 Å². The number of nitrogens with zero attached hydrogens (tertiary/aromatic N) is 2. The van der Waals surface area contributed by atoms with Gasteiger partial charge >= 0.3 is 5.97 Å². The summed E-state index contributed by atoms with van der Waals surface area (Å²) in [5, 5.41) is 36.1. The molecule has 0 saturated carbocycles. The summed E-state index contributed by atoms with van der Waals surface area (Å²) < 4.78 is 0. The number of aliphatic hydroxyl groups excluding tert-OH is 1. The first kappa shape index (κ1) is 25.6. The van der Waals surface area contributed by atoms with E-state index in [0.29, 0.717) is 0 Å². The summed E-state index contributed by atoms with van der Waals surface area (Å²) in [7, 11) is 0. The van der Waals surface area contributed by atoms with Crippen LogP contribution in [0.2, 0.25) is 0 Å². The van der Waals surface area contributed by atoms with Crippen LogP contribution in [0.15, 0.2) is 10.2 Å². The number of aliphatic carboxylic acids is 1. The van der Waals surface area contributed by atoms with E-state index in [-0.39, 0.29) is 18.0 Å². The first-order valence-corrected chi connectivity index (χ1v) is 11.4. The van der Waals surface area contributed by atoms with Crippen LogP contribution in [-0.4, -0.2) is 33.2 Å². The number of hydrogen-bond acceptors (Lipinski definition) is 5. The van der Waals surface area contributed by atoms with Crippen LogP contribution in [-0.2, 0) is 4.79 Å². The number of rotatable bonds is 19. The Kier molecular flexibility index (Phi) is 12.8. The zero-order valence-corrected chi connectivity index (χ0v) is 18.1. The van der Waals surface area contributed by atoms with E-state index in [1.165, 1.54) is 38.5 Å². The summed E-state index contributed by atoms with van der Waals surface area (Å²) in [6, 6.07) is 0. The second-order valence-electron chi connectivity index (χ2n) is 8.59. The fourth-order valence-corrected chi connectivity index (χ4v) is 3.94. The van der Waals surface area contributed by atoms with Gasteiger partial charge in [-0.2, -0.15) is 10.2 Å². The molecule has 0 spiro atoms. The molecule has 2 unspecified atom stereocenters. The maximum atomic E-state index is 11.0. The molecule has 0 saturated heterocycles. The molecule has 6 nitrogen and oxygen atoms in total. The molecule has 0 aliphatic carbocycles. The molecule has 0 amide bonds. The van der Waals surface area contributed by atoms with E-state index in [1.807, 2.05) is 0 Å². The van der Waals surface area contributed by atoms with Gasteiger partial charge < -0.3 is 15.3 Å². The molecule has 0 radical (unpaired) electrons. The molecule has 6 heteroatoms. The van der Waals surface area contributed by atoms with Gasteiger partial charge in [0, 0.05) is 18.8 Å². The zero-order valence-electron chi connectivity index (χ0n) is 18.1. The minimum Gasteiger partial charge on any atom is -0.481 e. The standard InChI is InChI=1S/C23H40N2O4/c1-3-4-13-16-23(24-25-23)17-14-11-9-7-5-6-8-10-12-15-20(18-21(26)27)19(2)22(28)29/h1,19-20,22,28-29H,4-18H2,2H3,(H,26,27). The van der Waals surface area contributed by atoms with Crippen molar-refractivity contribution in [2.75, 3.05) is 0 Å². The zero-order chi connectivity index (χ0) is 21.5. The molecule has 166 valence electrons. The lowest BCUT2D eigenvalue weighted by Gasteiger charge is -2.23. The SMILES string of the molecule is C#CCCCC1(CCCCCCCCCCCC(CC(=O)O)C(C)C(O)O)N=N1. The number of carboxylic acid groups (broad SMARTS) is 1. The lowest BCUT2D eigenvalue weighted by Crippen LogP contribution is -2.27. The molecule has 0 fully saturated rings. The van der Waals surface area contributed by atoms with Gasteiger partial charge in [-0.15, -0.1) is 12.3 Å². The molecular formula is C23H40N2O4. The van der Waals surface area contributed by atoms with Crippen LogP contribution < -0.4 is 0 Å². The van der Waals surface area contributed by atoms with Crippen molar-refractivity contribution in [1.29, 1.82) is 0 Å². The average molecular weight is 409 g/mol. The fraction of sp³-hybridized carbons (Fsp3) is 0.870. The Morgan fingerprint density at radius 2 is 1.45 bits per heavy atom. The van der Waals surface area contributed by atoms with Gasteiger partial charge in [-0.1, -0.05) is 58.3 Å². The second-order valence-corrected chi connectivity index (χ2v) is 8.59. The minimum absolute atomic E-state index is 0.00450. The van der Waals surface area contributed by atoms with Crippen molar-refractivity contribution < 1.29 is 20.1 Å². The lowest BCUT2D eigenvalue weighted by molar-refractivity contribution is -0.141. The Morgan fingerprint density at radius 1 is 0.931 bits per heavy atom. The van der Waals surface area contributed by atoms with Crippen molar-refractivity contribution >= 4 is 5.97 Å². The van der Waals surface area contributed by atoms with Gasteiger partial charge in [-0.3, -0.25) is 4.79 Å². The monoisotopic (exact) mass is 408 g/mol. The Labute approximate surface area is 176 Å². The van der Waals surface area contributed by atoms with Crippen molar-refractivity contribution in [3.05, 3.63) is 0 Å². The van der Waals surface area contributed by atoms with Crippen LogP contribution in [0.4, 0.5) is 0 Å². The highest BCUT2D eigenvalue weighted by molar-refractivity contribution is 5.67. The molecule has 1 aliphatic heterocycles. The van der Waals surface area contributed by atoms with Crippen LogP contribution >= 0.6 is 0 Å².